The smallest absolute Gasteiger partial charge is 0.252 e. The van der Waals surface area contributed by atoms with E-state index in [1.807, 2.05) is 25.1 Å². The molecule has 2 rings (SSSR count). The van der Waals surface area contributed by atoms with Crippen molar-refractivity contribution in [3.05, 3.63) is 33.8 Å². The van der Waals surface area contributed by atoms with Crippen LogP contribution in [0.15, 0.2) is 22.7 Å². The summed E-state index contributed by atoms with van der Waals surface area (Å²) in [5, 5.41) is 3.07. The van der Waals surface area contributed by atoms with Crippen molar-refractivity contribution in [3.8, 4) is 0 Å². The van der Waals surface area contributed by atoms with E-state index >= 15 is 0 Å². The minimum Gasteiger partial charge on any atom is -0.349 e. The number of nitrogens with one attached hydrogen (secondary N) is 1. The third-order valence-corrected chi connectivity index (χ3v) is 4.25. The molecule has 1 amide bonds. The largest absolute Gasteiger partial charge is 0.349 e. The van der Waals surface area contributed by atoms with Gasteiger partial charge in [0.1, 0.15) is 0 Å². The second-order valence-corrected chi connectivity index (χ2v) is 5.21. The van der Waals surface area contributed by atoms with E-state index in [1.165, 1.54) is 0 Å². The van der Waals surface area contributed by atoms with E-state index in [0.717, 1.165) is 28.4 Å². The Hall–Kier alpha value is -0.830. The van der Waals surface area contributed by atoms with Crippen LogP contribution >= 0.6 is 15.9 Å². The van der Waals surface area contributed by atoms with Crippen molar-refractivity contribution in [2.45, 2.75) is 32.7 Å². The normalized spacial score (nSPS) is 22.9. The number of carbonyl (C=O) groups is 1. The SMILES string of the molecule is CCC1CC1NC(=O)c1cccc(C)c1Br. The number of aryl methyl sites for hydroxylation is 1. The van der Waals surface area contributed by atoms with Crippen molar-refractivity contribution >= 4 is 21.8 Å². The predicted molar refractivity (Wildman–Crippen MR) is 68.5 cm³/mol. The average Bonchev–Trinajstić information content (AvgIpc) is 3.00. The number of amides is 1. The molecule has 1 fully saturated rings. The molecule has 0 heterocycles. The highest BCUT2D eigenvalue weighted by Crippen LogP contribution is 2.33. The number of hydrogen-bond donors (Lipinski definition) is 1. The van der Waals surface area contributed by atoms with E-state index in [4.69, 9.17) is 0 Å². The van der Waals surface area contributed by atoms with E-state index in [1.54, 1.807) is 0 Å². The van der Waals surface area contributed by atoms with Gasteiger partial charge in [0.15, 0.2) is 0 Å². The first-order valence-corrected chi connectivity index (χ1v) is 6.48. The van der Waals surface area contributed by atoms with Gasteiger partial charge in [0, 0.05) is 10.5 Å². The summed E-state index contributed by atoms with van der Waals surface area (Å²) in [6, 6.07) is 6.16. The molecule has 2 unspecified atom stereocenters. The van der Waals surface area contributed by atoms with E-state index in [0.29, 0.717) is 12.0 Å². The molecular weight excluding hydrogens is 266 g/mol. The zero-order valence-electron chi connectivity index (χ0n) is 9.59. The fourth-order valence-electron chi connectivity index (χ4n) is 1.94. The Kier molecular flexibility index (Phi) is 3.33. The molecule has 1 aromatic rings. The lowest BCUT2D eigenvalue weighted by Gasteiger charge is -2.07. The van der Waals surface area contributed by atoms with Gasteiger partial charge in [0.2, 0.25) is 0 Å². The first-order chi connectivity index (χ1) is 7.63. The summed E-state index contributed by atoms with van der Waals surface area (Å²) in [5.74, 6) is 0.726. The van der Waals surface area contributed by atoms with Crippen LogP contribution in [-0.2, 0) is 0 Å². The van der Waals surface area contributed by atoms with Crippen LogP contribution in [0.3, 0.4) is 0 Å². The summed E-state index contributed by atoms with van der Waals surface area (Å²) in [5.41, 5.74) is 1.83. The van der Waals surface area contributed by atoms with Gasteiger partial charge < -0.3 is 5.32 Å². The van der Waals surface area contributed by atoms with Crippen molar-refractivity contribution in [3.63, 3.8) is 0 Å². The Bertz CT molecular complexity index is 416. The van der Waals surface area contributed by atoms with Gasteiger partial charge in [-0.25, -0.2) is 0 Å². The standard InChI is InChI=1S/C13H16BrNO/c1-3-9-7-11(9)15-13(16)10-6-4-5-8(2)12(10)14/h4-6,9,11H,3,7H2,1-2H3,(H,15,16). The summed E-state index contributed by atoms with van der Waals surface area (Å²) in [6.07, 6.45) is 2.28. The molecule has 86 valence electrons. The topological polar surface area (TPSA) is 29.1 Å². The molecule has 0 aromatic heterocycles. The summed E-state index contributed by atoms with van der Waals surface area (Å²) < 4.78 is 0.904. The molecule has 16 heavy (non-hydrogen) atoms. The third kappa shape index (κ3) is 2.29. The number of carbonyl (C=O) groups excluding carboxylic acids is 1. The van der Waals surface area contributed by atoms with E-state index < -0.39 is 0 Å². The first-order valence-electron chi connectivity index (χ1n) is 5.69. The monoisotopic (exact) mass is 281 g/mol. The Balaban J connectivity index is 2.07. The zero-order valence-corrected chi connectivity index (χ0v) is 11.2. The van der Waals surface area contributed by atoms with E-state index in [-0.39, 0.29) is 5.91 Å². The number of benzene rings is 1. The molecule has 1 N–H and O–H groups in total. The van der Waals surface area contributed by atoms with E-state index in [2.05, 4.69) is 28.2 Å². The summed E-state index contributed by atoms with van der Waals surface area (Å²) in [4.78, 5) is 12.0. The molecule has 0 radical (unpaired) electrons. The molecule has 0 bridgehead atoms. The van der Waals surface area contributed by atoms with Gasteiger partial charge in [0.25, 0.3) is 5.91 Å². The predicted octanol–water partition coefficient (Wildman–Crippen LogP) is 3.29. The Morgan fingerprint density at radius 1 is 1.56 bits per heavy atom. The molecule has 1 aliphatic rings. The molecule has 0 aliphatic heterocycles. The third-order valence-electron chi connectivity index (χ3n) is 3.20. The van der Waals surface area contributed by atoms with Crippen molar-refractivity contribution in [2.24, 2.45) is 5.92 Å². The maximum Gasteiger partial charge on any atom is 0.252 e. The fourth-order valence-corrected chi connectivity index (χ4v) is 2.39. The number of hydrogen-bond acceptors (Lipinski definition) is 1. The molecule has 1 aliphatic carbocycles. The summed E-state index contributed by atoms with van der Waals surface area (Å²) in [7, 11) is 0. The maximum absolute atomic E-state index is 12.0. The molecule has 1 aromatic carbocycles. The second-order valence-electron chi connectivity index (χ2n) is 4.42. The van der Waals surface area contributed by atoms with Crippen LogP contribution in [0.5, 0.6) is 0 Å². The zero-order chi connectivity index (χ0) is 11.7. The lowest BCUT2D eigenvalue weighted by Crippen LogP contribution is -2.27. The van der Waals surface area contributed by atoms with Crippen LogP contribution < -0.4 is 5.32 Å². The van der Waals surface area contributed by atoms with Gasteiger partial charge >= 0.3 is 0 Å². The van der Waals surface area contributed by atoms with Gasteiger partial charge in [-0.3, -0.25) is 4.79 Å². The quantitative estimate of drug-likeness (QED) is 0.905. The highest BCUT2D eigenvalue weighted by atomic mass is 79.9. The lowest BCUT2D eigenvalue weighted by atomic mass is 10.1. The van der Waals surface area contributed by atoms with Crippen LogP contribution in [0.1, 0.15) is 35.7 Å². The van der Waals surface area contributed by atoms with Crippen molar-refractivity contribution < 1.29 is 4.79 Å². The minimum atomic E-state index is 0.0384. The fraction of sp³-hybridized carbons (Fsp3) is 0.462. The molecular formula is C13H16BrNO. The summed E-state index contributed by atoms with van der Waals surface area (Å²) >= 11 is 3.46. The van der Waals surface area contributed by atoms with Crippen LogP contribution in [0.25, 0.3) is 0 Å². The summed E-state index contributed by atoms with van der Waals surface area (Å²) in [6.45, 7) is 4.16. The van der Waals surface area contributed by atoms with Crippen molar-refractivity contribution in [2.75, 3.05) is 0 Å². The van der Waals surface area contributed by atoms with Gasteiger partial charge in [0.05, 0.1) is 5.56 Å². The maximum atomic E-state index is 12.0. The van der Waals surface area contributed by atoms with Crippen molar-refractivity contribution in [1.29, 1.82) is 0 Å². The van der Waals surface area contributed by atoms with Crippen LogP contribution in [0, 0.1) is 12.8 Å². The van der Waals surface area contributed by atoms with E-state index in [9.17, 15) is 4.79 Å². The Labute approximate surface area is 105 Å². The molecule has 1 saturated carbocycles. The molecule has 0 saturated heterocycles. The molecule has 2 atom stereocenters. The highest BCUT2D eigenvalue weighted by Gasteiger charge is 2.36. The molecule has 2 nitrogen and oxygen atoms in total. The molecule has 3 heteroatoms. The molecule has 0 spiro atoms. The van der Waals surface area contributed by atoms with Crippen LogP contribution in [0.2, 0.25) is 0 Å². The Morgan fingerprint density at radius 2 is 2.31 bits per heavy atom. The first kappa shape index (κ1) is 11.6. The van der Waals surface area contributed by atoms with Gasteiger partial charge in [-0.2, -0.15) is 0 Å². The van der Waals surface area contributed by atoms with Gasteiger partial charge in [-0.1, -0.05) is 25.5 Å². The average molecular weight is 282 g/mol. The second kappa shape index (κ2) is 4.58. The van der Waals surface area contributed by atoms with Crippen molar-refractivity contribution in [1.82, 2.24) is 5.32 Å². The minimum absolute atomic E-state index is 0.0384. The Morgan fingerprint density at radius 3 is 2.94 bits per heavy atom. The number of rotatable bonds is 3. The van der Waals surface area contributed by atoms with Crippen LogP contribution in [-0.4, -0.2) is 11.9 Å². The lowest BCUT2D eigenvalue weighted by molar-refractivity contribution is 0.0948. The number of halogens is 1. The highest BCUT2D eigenvalue weighted by molar-refractivity contribution is 9.10. The van der Waals surface area contributed by atoms with Gasteiger partial charge in [-0.15, -0.1) is 0 Å². The van der Waals surface area contributed by atoms with Crippen LogP contribution in [0.4, 0.5) is 0 Å². The van der Waals surface area contributed by atoms with Gasteiger partial charge in [-0.05, 0) is 46.8 Å².